The topological polar surface area (TPSA) is 50.1 Å². The summed E-state index contributed by atoms with van der Waals surface area (Å²) < 4.78 is 5.56. The van der Waals surface area contributed by atoms with Crippen LogP contribution in [0.1, 0.15) is 12.0 Å². The molecule has 1 aromatic rings. The molecule has 0 aliphatic carbocycles. The summed E-state index contributed by atoms with van der Waals surface area (Å²) in [7, 11) is 1.38. The van der Waals surface area contributed by atoms with Gasteiger partial charge in [0.2, 0.25) is 0 Å². The molecule has 0 spiro atoms. The molecule has 1 rings (SSSR count). The summed E-state index contributed by atoms with van der Waals surface area (Å²) >= 11 is 4.92. The van der Waals surface area contributed by atoms with Crippen molar-refractivity contribution in [3.05, 3.63) is 39.9 Å². The molecule has 0 N–H and O–H groups in total. The van der Waals surface area contributed by atoms with E-state index < -0.39 is 0 Å². The van der Waals surface area contributed by atoms with Gasteiger partial charge in [-0.25, -0.2) is 0 Å². The molecule has 19 heavy (non-hydrogen) atoms. The molecule has 1 aromatic carbocycles. The van der Waals surface area contributed by atoms with Crippen LogP contribution in [0.15, 0.2) is 34.3 Å². The summed E-state index contributed by atoms with van der Waals surface area (Å²) in [6.45, 7) is 0. The number of carbonyl (C=O) groups is 1. The summed E-state index contributed by atoms with van der Waals surface area (Å²) in [6, 6.07) is 9.94. The molecule has 0 fully saturated rings. The first-order chi connectivity index (χ1) is 9.15. The van der Waals surface area contributed by atoms with Crippen LogP contribution >= 0.6 is 27.7 Å². The minimum atomic E-state index is -0.220. The van der Waals surface area contributed by atoms with Crippen molar-refractivity contribution in [1.82, 2.24) is 0 Å². The Morgan fingerprint density at radius 3 is 2.74 bits per heavy atom. The Hall–Kier alpha value is -1.25. The maximum absolute atomic E-state index is 10.9. The van der Waals surface area contributed by atoms with Gasteiger partial charge < -0.3 is 4.74 Å². The predicted octanol–water partition coefficient (Wildman–Crippen LogP) is 3.65. The number of hydrogen-bond acceptors (Lipinski definition) is 4. The monoisotopic (exact) mass is 339 g/mol. The Balaban J connectivity index is 2.47. The van der Waals surface area contributed by atoms with Crippen molar-refractivity contribution in [2.45, 2.75) is 6.42 Å². The lowest BCUT2D eigenvalue weighted by atomic mass is 10.1. The van der Waals surface area contributed by atoms with Crippen molar-refractivity contribution in [3.63, 3.8) is 0 Å². The van der Waals surface area contributed by atoms with Gasteiger partial charge in [-0.15, -0.1) is 0 Å². The molecule has 0 amide bonds. The number of thioether (sulfide) groups is 1. The number of nitrogens with zero attached hydrogens (tertiary/aromatic N) is 1. The van der Waals surface area contributed by atoms with E-state index in [1.807, 2.05) is 30.3 Å². The Bertz CT molecular complexity index is 491. The van der Waals surface area contributed by atoms with Crippen LogP contribution in [0.3, 0.4) is 0 Å². The minimum absolute atomic E-state index is 0.220. The summed E-state index contributed by atoms with van der Waals surface area (Å²) in [6.07, 6.45) is 2.23. The lowest BCUT2D eigenvalue weighted by Crippen LogP contribution is -2.01. The third-order valence-corrected chi connectivity index (χ3v) is 3.83. The summed E-state index contributed by atoms with van der Waals surface area (Å²) in [4.78, 5) is 10.9. The molecule has 0 aliphatic rings. The lowest BCUT2D eigenvalue weighted by Gasteiger charge is -2.01. The third-order valence-electron chi connectivity index (χ3n) is 2.29. The summed E-state index contributed by atoms with van der Waals surface area (Å²) in [5.74, 6) is 1.04. The first-order valence-electron chi connectivity index (χ1n) is 5.66. The highest BCUT2D eigenvalue weighted by Gasteiger charge is 2.02. The van der Waals surface area contributed by atoms with E-state index in [1.54, 1.807) is 11.8 Å². The zero-order valence-corrected chi connectivity index (χ0v) is 13.0. The average Bonchev–Trinajstić information content (AvgIpc) is 2.44. The number of nitriles is 1. The molecule has 0 heterocycles. The first-order valence-corrected chi connectivity index (χ1v) is 7.61. The average molecular weight is 340 g/mol. The smallest absolute Gasteiger partial charge is 0.306 e. The van der Waals surface area contributed by atoms with Crippen LogP contribution in [0.4, 0.5) is 0 Å². The molecule has 0 aliphatic heterocycles. The van der Waals surface area contributed by atoms with E-state index >= 15 is 0 Å². The van der Waals surface area contributed by atoms with Gasteiger partial charge in [-0.2, -0.15) is 17.0 Å². The second-order valence-corrected chi connectivity index (χ2v) is 5.73. The molecule has 0 bridgehead atoms. The van der Waals surface area contributed by atoms with Gasteiger partial charge in [0.15, 0.2) is 0 Å². The van der Waals surface area contributed by atoms with Gasteiger partial charge in [0.1, 0.15) is 0 Å². The quantitative estimate of drug-likeness (QED) is 0.451. The molecule has 0 saturated carbocycles. The fourth-order valence-electron chi connectivity index (χ4n) is 1.31. The van der Waals surface area contributed by atoms with E-state index in [0.717, 1.165) is 10.0 Å². The van der Waals surface area contributed by atoms with Gasteiger partial charge in [0.05, 0.1) is 19.6 Å². The van der Waals surface area contributed by atoms with Gasteiger partial charge in [-0.3, -0.25) is 4.79 Å². The van der Waals surface area contributed by atoms with Crippen LogP contribution < -0.4 is 0 Å². The molecule has 5 heteroatoms. The SMILES string of the molecule is COC(=O)CCSC/C(C#N)=C/c1ccc(Br)cc1. The predicted molar refractivity (Wildman–Crippen MR) is 81.7 cm³/mol. The highest BCUT2D eigenvalue weighted by Crippen LogP contribution is 2.15. The Morgan fingerprint density at radius 1 is 1.47 bits per heavy atom. The van der Waals surface area contributed by atoms with Crippen LogP contribution in [0.5, 0.6) is 0 Å². The Kier molecular flexibility index (Phi) is 7.31. The van der Waals surface area contributed by atoms with Crippen LogP contribution in [0.2, 0.25) is 0 Å². The minimum Gasteiger partial charge on any atom is -0.469 e. The van der Waals surface area contributed by atoms with Crippen LogP contribution in [-0.2, 0) is 9.53 Å². The molecule has 100 valence electrons. The Morgan fingerprint density at radius 2 is 2.16 bits per heavy atom. The molecule has 0 saturated heterocycles. The van der Waals surface area contributed by atoms with Gasteiger partial charge >= 0.3 is 5.97 Å². The van der Waals surface area contributed by atoms with Crippen molar-refractivity contribution in [2.24, 2.45) is 0 Å². The summed E-state index contributed by atoms with van der Waals surface area (Å²) in [5, 5.41) is 9.06. The second-order valence-electron chi connectivity index (χ2n) is 3.71. The second kappa shape index (κ2) is 8.78. The van der Waals surface area contributed by atoms with Crippen LogP contribution in [0.25, 0.3) is 6.08 Å². The Labute approximate surface area is 125 Å². The molecular formula is C14H14BrNO2S. The number of rotatable bonds is 6. The van der Waals surface area contributed by atoms with E-state index in [4.69, 9.17) is 5.26 Å². The van der Waals surface area contributed by atoms with Crippen molar-refractivity contribution in [1.29, 1.82) is 5.26 Å². The summed E-state index contributed by atoms with van der Waals surface area (Å²) in [5.41, 5.74) is 1.69. The standard InChI is InChI=1S/C14H14BrNO2S/c1-18-14(17)6-7-19-10-12(9-16)8-11-2-4-13(15)5-3-11/h2-5,8H,6-7,10H2,1H3/b12-8+. The van der Waals surface area contributed by atoms with Crippen LogP contribution in [0, 0.1) is 11.3 Å². The van der Waals surface area contributed by atoms with Gasteiger partial charge in [0.25, 0.3) is 0 Å². The maximum Gasteiger partial charge on any atom is 0.306 e. The van der Waals surface area contributed by atoms with Crippen LogP contribution in [-0.4, -0.2) is 24.6 Å². The molecular weight excluding hydrogens is 326 g/mol. The number of halogens is 1. The highest BCUT2D eigenvalue weighted by atomic mass is 79.9. The van der Waals surface area contributed by atoms with Crippen molar-refractivity contribution in [2.75, 3.05) is 18.6 Å². The normalized spacial score (nSPS) is 10.9. The van der Waals surface area contributed by atoms with E-state index in [9.17, 15) is 4.79 Å². The number of carbonyl (C=O) groups excluding carboxylic acids is 1. The fraction of sp³-hybridized carbons (Fsp3) is 0.286. The first kappa shape index (κ1) is 15.8. The lowest BCUT2D eigenvalue weighted by molar-refractivity contribution is -0.140. The van der Waals surface area contributed by atoms with Gasteiger partial charge in [-0.1, -0.05) is 28.1 Å². The largest absolute Gasteiger partial charge is 0.469 e. The molecule has 0 atom stereocenters. The number of ether oxygens (including phenoxy) is 1. The van der Waals surface area contributed by atoms with E-state index in [0.29, 0.717) is 23.5 Å². The number of hydrogen-bond donors (Lipinski definition) is 0. The fourth-order valence-corrected chi connectivity index (χ4v) is 2.39. The highest BCUT2D eigenvalue weighted by molar-refractivity contribution is 9.10. The molecule has 0 aromatic heterocycles. The number of esters is 1. The van der Waals surface area contributed by atoms with Crippen molar-refractivity contribution in [3.8, 4) is 6.07 Å². The molecule has 0 radical (unpaired) electrons. The van der Waals surface area contributed by atoms with E-state index in [2.05, 4.69) is 26.7 Å². The van der Waals surface area contributed by atoms with Gasteiger partial charge in [-0.05, 0) is 23.8 Å². The molecule has 3 nitrogen and oxygen atoms in total. The zero-order valence-electron chi connectivity index (χ0n) is 10.6. The number of methoxy groups -OCH3 is 1. The maximum atomic E-state index is 10.9. The number of benzene rings is 1. The van der Waals surface area contributed by atoms with E-state index in [-0.39, 0.29) is 5.97 Å². The van der Waals surface area contributed by atoms with Crippen molar-refractivity contribution >= 4 is 39.7 Å². The zero-order chi connectivity index (χ0) is 14.1. The molecule has 0 unspecified atom stereocenters. The third kappa shape index (κ3) is 6.46. The van der Waals surface area contributed by atoms with Gasteiger partial charge in [0, 0.05) is 21.6 Å². The van der Waals surface area contributed by atoms with Crippen molar-refractivity contribution < 1.29 is 9.53 Å². The van der Waals surface area contributed by atoms with E-state index in [1.165, 1.54) is 7.11 Å².